The minimum absolute atomic E-state index is 0.299. The van der Waals surface area contributed by atoms with Gasteiger partial charge in [-0.1, -0.05) is 56.6 Å². The molecule has 2 aromatic rings. The largest absolute Gasteiger partial charge is 0.478 e. The maximum Gasteiger partial charge on any atom is 0.348 e. The Labute approximate surface area is 154 Å². The molecule has 4 heteroatoms. The zero-order valence-corrected chi connectivity index (χ0v) is 15.9. The number of carboxylic acid groups (broad SMARTS) is 1. The van der Waals surface area contributed by atoms with Crippen LogP contribution in [0.15, 0.2) is 48.5 Å². The minimum Gasteiger partial charge on any atom is -0.478 e. The van der Waals surface area contributed by atoms with Crippen molar-refractivity contribution in [3.63, 3.8) is 0 Å². The van der Waals surface area contributed by atoms with Gasteiger partial charge in [0, 0.05) is 10.9 Å². The summed E-state index contributed by atoms with van der Waals surface area (Å²) in [6, 6.07) is 14.9. The van der Waals surface area contributed by atoms with E-state index in [0.717, 1.165) is 5.56 Å². The van der Waals surface area contributed by atoms with Crippen LogP contribution in [0.25, 0.3) is 0 Å². The summed E-state index contributed by atoms with van der Waals surface area (Å²) in [4.78, 5) is 12.1. The Hall–Kier alpha value is -2.00. The second kappa shape index (κ2) is 7.92. The second-order valence-corrected chi connectivity index (χ2v) is 7.19. The summed E-state index contributed by atoms with van der Waals surface area (Å²) in [6.07, 6.45) is 0.633. The van der Waals surface area contributed by atoms with E-state index in [4.69, 9.17) is 16.3 Å². The highest BCUT2D eigenvalue weighted by atomic mass is 35.5. The third-order valence-electron chi connectivity index (χ3n) is 4.65. The van der Waals surface area contributed by atoms with E-state index < -0.39 is 11.6 Å². The third-order valence-corrected chi connectivity index (χ3v) is 4.90. The summed E-state index contributed by atoms with van der Waals surface area (Å²) in [5.41, 5.74) is 0.715. The first-order valence-electron chi connectivity index (χ1n) is 8.55. The van der Waals surface area contributed by atoms with Gasteiger partial charge in [0.25, 0.3) is 0 Å². The lowest BCUT2D eigenvalue weighted by molar-refractivity contribution is -0.156. The van der Waals surface area contributed by atoms with Crippen LogP contribution < -0.4 is 4.74 Å². The highest BCUT2D eigenvalue weighted by Crippen LogP contribution is 2.36. The highest BCUT2D eigenvalue weighted by molar-refractivity contribution is 6.30. The number of rotatable bonds is 7. The van der Waals surface area contributed by atoms with E-state index >= 15 is 0 Å². The van der Waals surface area contributed by atoms with Crippen LogP contribution in [0.3, 0.4) is 0 Å². The Morgan fingerprint density at radius 1 is 1.08 bits per heavy atom. The molecular weight excluding hydrogens is 336 g/mol. The first kappa shape index (κ1) is 19.3. The fourth-order valence-corrected chi connectivity index (χ4v) is 3.19. The molecule has 2 rings (SSSR count). The van der Waals surface area contributed by atoms with E-state index in [0.29, 0.717) is 23.1 Å². The standard InChI is InChI=1S/C21H25ClO3/c1-5-19(16-6-10-17(22)11-7-16)21(4,20(23)24)25-18-12-8-15(9-13-18)14(2)3/h6-14,19H,5H2,1-4H3,(H,23,24). The summed E-state index contributed by atoms with van der Waals surface area (Å²) in [7, 11) is 0. The van der Waals surface area contributed by atoms with E-state index in [1.165, 1.54) is 5.56 Å². The van der Waals surface area contributed by atoms with Crippen LogP contribution in [0.5, 0.6) is 5.75 Å². The lowest BCUT2D eigenvalue weighted by Crippen LogP contribution is -2.47. The molecule has 0 heterocycles. The SMILES string of the molecule is CCC(c1ccc(Cl)cc1)C(C)(Oc1ccc(C(C)C)cc1)C(=O)O. The smallest absolute Gasteiger partial charge is 0.348 e. The molecule has 0 amide bonds. The summed E-state index contributed by atoms with van der Waals surface area (Å²) in [5.74, 6) is -0.312. The Bertz CT molecular complexity index is 707. The molecule has 3 nitrogen and oxygen atoms in total. The predicted molar refractivity (Wildman–Crippen MR) is 102 cm³/mol. The average Bonchev–Trinajstić information content (AvgIpc) is 2.57. The highest BCUT2D eigenvalue weighted by Gasteiger charge is 2.44. The minimum atomic E-state index is -1.37. The Morgan fingerprint density at radius 2 is 1.60 bits per heavy atom. The van der Waals surface area contributed by atoms with Gasteiger partial charge in [0.05, 0.1) is 0 Å². The van der Waals surface area contributed by atoms with Crippen LogP contribution in [-0.2, 0) is 4.79 Å². The van der Waals surface area contributed by atoms with E-state index in [1.807, 2.05) is 43.3 Å². The first-order valence-corrected chi connectivity index (χ1v) is 8.93. The molecule has 0 saturated heterocycles. The topological polar surface area (TPSA) is 46.5 Å². The molecule has 2 atom stereocenters. The fourth-order valence-electron chi connectivity index (χ4n) is 3.07. The zero-order chi connectivity index (χ0) is 18.6. The second-order valence-electron chi connectivity index (χ2n) is 6.75. The summed E-state index contributed by atoms with van der Waals surface area (Å²) >= 11 is 5.96. The quantitative estimate of drug-likeness (QED) is 0.670. The number of hydrogen-bond donors (Lipinski definition) is 1. The molecule has 0 radical (unpaired) electrons. The Balaban J connectivity index is 2.35. The number of hydrogen-bond acceptors (Lipinski definition) is 2. The van der Waals surface area contributed by atoms with Gasteiger partial charge in [-0.25, -0.2) is 4.79 Å². The van der Waals surface area contributed by atoms with Gasteiger partial charge in [-0.3, -0.25) is 0 Å². The van der Waals surface area contributed by atoms with Crippen molar-refractivity contribution in [3.05, 3.63) is 64.7 Å². The van der Waals surface area contributed by atoms with Crippen molar-refractivity contribution in [1.29, 1.82) is 0 Å². The molecule has 0 aromatic heterocycles. The number of halogens is 1. The molecule has 0 aliphatic heterocycles. The molecule has 0 bridgehead atoms. The van der Waals surface area contributed by atoms with Gasteiger partial charge in [0.2, 0.25) is 5.60 Å². The maximum absolute atomic E-state index is 12.1. The number of carboxylic acids is 1. The molecule has 0 fully saturated rings. The Morgan fingerprint density at radius 3 is 2.04 bits per heavy atom. The molecule has 0 saturated carbocycles. The van der Waals surface area contributed by atoms with Gasteiger partial charge in [-0.05, 0) is 54.7 Å². The molecule has 25 heavy (non-hydrogen) atoms. The lowest BCUT2D eigenvalue weighted by atomic mass is 9.81. The fraction of sp³-hybridized carbons (Fsp3) is 0.381. The molecule has 0 aliphatic carbocycles. The van der Waals surface area contributed by atoms with Crippen molar-refractivity contribution in [3.8, 4) is 5.75 Å². The Kier molecular flexibility index (Phi) is 6.12. The molecule has 2 unspecified atom stereocenters. The third kappa shape index (κ3) is 4.35. The van der Waals surface area contributed by atoms with Crippen LogP contribution in [0, 0.1) is 0 Å². The van der Waals surface area contributed by atoms with Crippen LogP contribution in [0.4, 0.5) is 0 Å². The maximum atomic E-state index is 12.1. The van der Waals surface area contributed by atoms with Crippen LogP contribution in [0.2, 0.25) is 5.02 Å². The van der Waals surface area contributed by atoms with E-state index in [1.54, 1.807) is 19.1 Å². The predicted octanol–water partition coefficient (Wildman–Crippen LogP) is 5.88. The van der Waals surface area contributed by atoms with Crippen molar-refractivity contribution in [2.24, 2.45) is 0 Å². The van der Waals surface area contributed by atoms with Crippen molar-refractivity contribution in [2.75, 3.05) is 0 Å². The van der Waals surface area contributed by atoms with Gasteiger partial charge in [-0.15, -0.1) is 0 Å². The summed E-state index contributed by atoms with van der Waals surface area (Å²) in [5, 5.41) is 10.5. The van der Waals surface area contributed by atoms with Gasteiger partial charge in [0.1, 0.15) is 5.75 Å². The van der Waals surface area contributed by atoms with Crippen LogP contribution in [0.1, 0.15) is 57.1 Å². The normalized spacial score (nSPS) is 14.8. The average molecular weight is 361 g/mol. The van der Waals surface area contributed by atoms with Crippen molar-refractivity contribution >= 4 is 17.6 Å². The van der Waals surface area contributed by atoms with Gasteiger partial charge in [-0.2, -0.15) is 0 Å². The summed E-state index contributed by atoms with van der Waals surface area (Å²) < 4.78 is 6.00. The van der Waals surface area contributed by atoms with Crippen LogP contribution in [-0.4, -0.2) is 16.7 Å². The van der Waals surface area contributed by atoms with Gasteiger partial charge < -0.3 is 9.84 Å². The number of carbonyl (C=O) groups is 1. The van der Waals surface area contributed by atoms with Crippen LogP contribution >= 0.6 is 11.6 Å². The summed E-state index contributed by atoms with van der Waals surface area (Å²) in [6.45, 7) is 7.83. The number of aliphatic carboxylic acids is 1. The van der Waals surface area contributed by atoms with Gasteiger partial charge >= 0.3 is 5.97 Å². The number of benzene rings is 2. The molecule has 2 aromatic carbocycles. The van der Waals surface area contributed by atoms with E-state index in [-0.39, 0.29) is 5.92 Å². The monoisotopic (exact) mass is 360 g/mol. The molecule has 134 valence electrons. The number of ether oxygens (including phenoxy) is 1. The molecular formula is C21H25ClO3. The molecule has 1 N–H and O–H groups in total. The molecule has 0 aliphatic rings. The molecule has 0 spiro atoms. The van der Waals surface area contributed by atoms with Crippen molar-refractivity contribution in [1.82, 2.24) is 0 Å². The van der Waals surface area contributed by atoms with Crippen molar-refractivity contribution < 1.29 is 14.6 Å². The van der Waals surface area contributed by atoms with E-state index in [9.17, 15) is 9.90 Å². The van der Waals surface area contributed by atoms with Gasteiger partial charge in [0.15, 0.2) is 0 Å². The van der Waals surface area contributed by atoms with Crippen molar-refractivity contribution in [2.45, 2.75) is 51.6 Å². The van der Waals surface area contributed by atoms with E-state index in [2.05, 4.69) is 13.8 Å². The lowest BCUT2D eigenvalue weighted by Gasteiger charge is -2.34. The first-order chi connectivity index (χ1) is 11.8. The zero-order valence-electron chi connectivity index (χ0n) is 15.1.